The second-order valence-electron chi connectivity index (χ2n) is 7.19. The second kappa shape index (κ2) is 8.44. The summed E-state index contributed by atoms with van der Waals surface area (Å²) in [5, 5.41) is 11.3. The van der Waals surface area contributed by atoms with E-state index in [9.17, 15) is 0 Å². The summed E-state index contributed by atoms with van der Waals surface area (Å²) in [6.45, 7) is 0. The molecule has 1 aromatic rings. The summed E-state index contributed by atoms with van der Waals surface area (Å²) in [6.07, 6.45) is 10.7. The smallest absolute Gasteiger partial charge is 0.223 e. The molecular weight excluding hydrogens is 427 g/mol. The van der Waals surface area contributed by atoms with Crippen LogP contribution in [0.3, 0.4) is 0 Å². The first-order valence-corrected chi connectivity index (χ1v) is 10.6. The van der Waals surface area contributed by atoms with Crippen LogP contribution >= 0.6 is 22.6 Å². The van der Waals surface area contributed by atoms with Gasteiger partial charge in [-0.3, -0.25) is 0 Å². The standard InChI is InChI=1S/C18H27IN6/c19-8-12-10-23-18(24-14-5-3-13(21)4-6-14)25-17(12)15(9-20)16(22)7-11-1-2-11/h9-11,13-14,20H,1-8,21-22H2,(H,23,24,25)/b16-15+,20-9?/t13-,14-. The normalized spacial score (nSPS) is 24.6. The van der Waals surface area contributed by atoms with Gasteiger partial charge in [0, 0.05) is 45.8 Å². The Morgan fingerprint density at radius 1 is 1.28 bits per heavy atom. The van der Waals surface area contributed by atoms with Crippen molar-refractivity contribution in [1.29, 1.82) is 5.41 Å². The largest absolute Gasteiger partial charge is 0.401 e. The van der Waals surface area contributed by atoms with Crippen LogP contribution in [0.25, 0.3) is 5.57 Å². The highest BCUT2D eigenvalue weighted by atomic mass is 127. The average molecular weight is 454 g/mol. The van der Waals surface area contributed by atoms with Crippen LogP contribution in [0.5, 0.6) is 0 Å². The van der Waals surface area contributed by atoms with Crippen molar-refractivity contribution in [2.24, 2.45) is 17.4 Å². The van der Waals surface area contributed by atoms with Crippen LogP contribution in [0.15, 0.2) is 11.9 Å². The zero-order valence-corrected chi connectivity index (χ0v) is 16.6. The fraction of sp³-hybridized carbons (Fsp3) is 0.611. The van der Waals surface area contributed by atoms with E-state index in [-0.39, 0.29) is 0 Å². The minimum Gasteiger partial charge on any atom is -0.401 e. The lowest BCUT2D eigenvalue weighted by Gasteiger charge is -2.27. The fourth-order valence-corrected chi connectivity index (χ4v) is 3.87. The van der Waals surface area contributed by atoms with Crippen LogP contribution in [0, 0.1) is 11.3 Å². The zero-order chi connectivity index (χ0) is 17.8. The van der Waals surface area contributed by atoms with Crippen LogP contribution in [-0.2, 0) is 4.43 Å². The number of hydrogen-bond acceptors (Lipinski definition) is 6. The minimum absolute atomic E-state index is 0.325. The van der Waals surface area contributed by atoms with Crippen molar-refractivity contribution < 1.29 is 0 Å². The number of hydrogen-bond donors (Lipinski definition) is 4. The van der Waals surface area contributed by atoms with Crippen LogP contribution in [0.1, 0.15) is 56.2 Å². The molecule has 0 bridgehead atoms. The van der Waals surface area contributed by atoms with Gasteiger partial charge < -0.3 is 22.2 Å². The number of rotatable bonds is 7. The molecule has 2 fully saturated rings. The number of halogens is 1. The average Bonchev–Trinajstić information content (AvgIpc) is 3.42. The van der Waals surface area contributed by atoms with Crippen LogP contribution < -0.4 is 16.8 Å². The molecule has 0 radical (unpaired) electrons. The van der Waals surface area contributed by atoms with Gasteiger partial charge >= 0.3 is 0 Å². The molecule has 0 atom stereocenters. The molecule has 3 rings (SSSR count). The van der Waals surface area contributed by atoms with Crippen molar-refractivity contribution in [3.05, 3.63) is 23.2 Å². The van der Waals surface area contributed by atoms with E-state index in [1.165, 1.54) is 19.1 Å². The highest BCUT2D eigenvalue weighted by molar-refractivity contribution is 14.1. The summed E-state index contributed by atoms with van der Waals surface area (Å²) in [7, 11) is 0. The van der Waals surface area contributed by atoms with E-state index < -0.39 is 0 Å². The fourth-order valence-electron chi connectivity index (χ4n) is 3.31. The lowest BCUT2D eigenvalue weighted by molar-refractivity contribution is 0.410. The number of nitrogens with two attached hydrogens (primary N) is 2. The number of nitrogens with one attached hydrogen (secondary N) is 2. The van der Waals surface area contributed by atoms with Crippen molar-refractivity contribution in [3.63, 3.8) is 0 Å². The highest BCUT2D eigenvalue weighted by Gasteiger charge is 2.24. The SMILES string of the molecule is N=C/C(=C(\N)CC1CC1)c1nc(N[C@H]2CC[C@H](N)CC2)ncc1CI. The maximum atomic E-state index is 7.85. The molecule has 6 N–H and O–H groups in total. The lowest BCUT2D eigenvalue weighted by atomic mass is 9.92. The number of aromatic nitrogens is 2. The summed E-state index contributed by atoms with van der Waals surface area (Å²) < 4.78 is 0.791. The van der Waals surface area contributed by atoms with E-state index >= 15 is 0 Å². The minimum atomic E-state index is 0.325. The Morgan fingerprint density at radius 2 is 2.00 bits per heavy atom. The van der Waals surface area contributed by atoms with Crippen LogP contribution in [0.4, 0.5) is 5.95 Å². The Kier molecular flexibility index (Phi) is 6.27. The van der Waals surface area contributed by atoms with Gasteiger partial charge in [-0.25, -0.2) is 9.97 Å². The topological polar surface area (TPSA) is 114 Å². The Hall–Kier alpha value is -1.22. The zero-order valence-electron chi connectivity index (χ0n) is 14.5. The summed E-state index contributed by atoms with van der Waals surface area (Å²) in [6, 6.07) is 0.694. The molecule has 1 heterocycles. The molecule has 0 saturated heterocycles. The Morgan fingerprint density at radius 3 is 2.60 bits per heavy atom. The first kappa shape index (κ1) is 18.6. The van der Waals surface area contributed by atoms with Crippen molar-refractivity contribution in [3.8, 4) is 0 Å². The van der Waals surface area contributed by atoms with Crippen LogP contribution in [-0.4, -0.2) is 28.3 Å². The monoisotopic (exact) mass is 454 g/mol. The van der Waals surface area contributed by atoms with Gasteiger partial charge in [-0.05, 0) is 50.9 Å². The van der Waals surface area contributed by atoms with E-state index in [0.29, 0.717) is 23.9 Å². The van der Waals surface area contributed by atoms with Gasteiger partial charge in [0.2, 0.25) is 5.95 Å². The molecule has 0 amide bonds. The van der Waals surface area contributed by atoms with Gasteiger partial charge in [0.15, 0.2) is 0 Å². The maximum Gasteiger partial charge on any atom is 0.223 e. The van der Waals surface area contributed by atoms with Gasteiger partial charge in [0.05, 0.1) is 5.69 Å². The Bertz CT molecular complexity index is 647. The molecule has 6 nitrogen and oxygen atoms in total. The van der Waals surface area contributed by atoms with Crippen molar-refractivity contribution in [2.45, 2.75) is 61.5 Å². The van der Waals surface area contributed by atoms with Gasteiger partial charge in [-0.1, -0.05) is 22.6 Å². The highest BCUT2D eigenvalue weighted by Crippen LogP contribution is 2.35. The second-order valence-corrected chi connectivity index (χ2v) is 7.95. The molecule has 1 aromatic heterocycles. The molecule has 0 aromatic carbocycles. The third-order valence-electron chi connectivity index (χ3n) is 5.06. The number of alkyl halides is 1. The summed E-state index contributed by atoms with van der Waals surface area (Å²) in [5.74, 6) is 1.31. The van der Waals surface area contributed by atoms with Gasteiger partial charge in [0.25, 0.3) is 0 Å². The molecule has 0 unspecified atom stereocenters. The third kappa shape index (κ3) is 4.91. The van der Waals surface area contributed by atoms with E-state index in [2.05, 4.69) is 32.9 Å². The number of anilines is 1. The first-order chi connectivity index (χ1) is 12.1. The molecule has 2 saturated carbocycles. The third-order valence-corrected chi connectivity index (χ3v) is 5.89. The van der Waals surface area contributed by atoms with Gasteiger partial charge in [-0.15, -0.1) is 0 Å². The van der Waals surface area contributed by atoms with E-state index in [1.807, 2.05) is 6.20 Å². The predicted octanol–water partition coefficient (Wildman–Crippen LogP) is 3.21. The molecule has 2 aliphatic carbocycles. The summed E-state index contributed by atoms with van der Waals surface area (Å²) >= 11 is 2.31. The number of nitrogens with zero attached hydrogens (tertiary/aromatic N) is 2. The van der Waals surface area contributed by atoms with Gasteiger partial charge in [0.1, 0.15) is 0 Å². The Balaban J connectivity index is 1.82. The molecular formula is C18H27IN6. The van der Waals surface area contributed by atoms with Crippen molar-refractivity contribution in [1.82, 2.24) is 9.97 Å². The Labute approximate surface area is 162 Å². The summed E-state index contributed by atoms with van der Waals surface area (Å²) in [4.78, 5) is 9.21. The first-order valence-electron chi connectivity index (χ1n) is 9.04. The van der Waals surface area contributed by atoms with E-state index in [0.717, 1.165) is 59.1 Å². The predicted molar refractivity (Wildman–Crippen MR) is 111 cm³/mol. The van der Waals surface area contributed by atoms with Crippen LogP contribution in [0.2, 0.25) is 0 Å². The maximum absolute atomic E-state index is 7.85. The van der Waals surface area contributed by atoms with Crippen molar-refractivity contribution in [2.75, 3.05) is 5.32 Å². The van der Waals surface area contributed by atoms with Gasteiger partial charge in [-0.2, -0.15) is 0 Å². The summed E-state index contributed by atoms with van der Waals surface area (Å²) in [5.41, 5.74) is 15.6. The molecule has 0 spiro atoms. The molecule has 25 heavy (non-hydrogen) atoms. The molecule has 2 aliphatic rings. The van der Waals surface area contributed by atoms with E-state index in [4.69, 9.17) is 21.9 Å². The number of allylic oxidation sites excluding steroid dienone is 2. The van der Waals surface area contributed by atoms with Crippen molar-refractivity contribution >= 4 is 40.3 Å². The molecule has 136 valence electrons. The molecule has 0 aliphatic heterocycles. The van der Waals surface area contributed by atoms with E-state index in [1.54, 1.807) is 0 Å². The quantitative estimate of drug-likeness (QED) is 0.287. The lowest BCUT2D eigenvalue weighted by Crippen LogP contribution is -2.33. The molecule has 7 heteroatoms.